The van der Waals surface area contributed by atoms with Gasteiger partial charge in [-0.15, -0.1) is 0 Å². The number of hydrogen-bond acceptors (Lipinski definition) is 3. The predicted octanol–water partition coefficient (Wildman–Crippen LogP) is 2.76. The first-order valence-electron chi connectivity index (χ1n) is 6.12. The Balaban J connectivity index is 3.07. The Morgan fingerprint density at radius 2 is 2.05 bits per heavy atom. The van der Waals surface area contributed by atoms with Crippen LogP contribution in [0.2, 0.25) is 0 Å². The average Bonchev–Trinajstić information content (AvgIpc) is 2.37. The van der Waals surface area contributed by atoms with Crippen molar-refractivity contribution in [1.82, 2.24) is 4.90 Å². The van der Waals surface area contributed by atoms with Crippen molar-refractivity contribution in [2.24, 2.45) is 5.41 Å². The predicted molar refractivity (Wildman–Crippen MR) is 73.6 cm³/mol. The van der Waals surface area contributed by atoms with E-state index in [1.807, 2.05) is 39.0 Å². The van der Waals surface area contributed by atoms with Crippen molar-refractivity contribution in [3.05, 3.63) is 29.8 Å². The second-order valence-corrected chi connectivity index (χ2v) is 5.47. The third-order valence-corrected chi connectivity index (χ3v) is 2.88. The summed E-state index contributed by atoms with van der Waals surface area (Å²) in [5.41, 5.74) is 0.241. The number of benzene rings is 1. The molecule has 0 heterocycles. The average molecular weight is 260 g/mol. The minimum Gasteiger partial charge on any atom is -0.497 e. The fourth-order valence-corrected chi connectivity index (χ4v) is 1.84. The molecule has 0 aliphatic carbocycles. The van der Waals surface area contributed by atoms with Gasteiger partial charge in [-0.1, -0.05) is 32.9 Å². The molecule has 1 unspecified atom stereocenters. The Labute approximate surface area is 114 Å². The summed E-state index contributed by atoms with van der Waals surface area (Å²) in [6.07, 6.45) is 0. The number of carbonyl (C=O) groups is 1. The minimum atomic E-state index is -0.609. The van der Waals surface area contributed by atoms with Crippen LogP contribution in [0.5, 0.6) is 5.75 Å². The van der Waals surface area contributed by atoms with E-state index in [-0.39, 0.29) is 5.91 Å². The molecule has 19 heavy (non-hydrogen) atoms. The number of ether oxygens (including phenoxy) is 1. The van der Waals surface area contributed by atoms with Crippen LogP contribution in [0.15, 0.2) is 24.3 Å². The first kappa shape index (κ1) is 15.0. The van der Waals surface area contributed by atoms with Gasteiger partial charge >= 0.3 is 0 Å². The summed E-state index contributed by atoms with van der Waals surface area (Å²) in [4.78, 5) is 13.7. The van der Waals surface area contributed by atoms with Crippen LogP contribution in [0.3, 0.4) is 0 Å². The summed E-state index contributed by atoms with van der Waals surface area (Å²) >= 11 is 0. The van der Waals surface area contributed by atoms with Gasteiger partial charge < -0.3 is 9.64 Å². The van der Waals surface area contributed by atoms with Crippen molar-refractivity contribution in [3.63, 3.8) is 0 Å². The number of nitriles is 1. The highest BCUT2D eigenvalue weighted by Crippen LogP contribution is 2.27. The molecular weight excluding hydrogens is 240 g/mol. The van der Waals surface area contributed by atoms with Gasteiger partial charge in [0.1, 0.15) is 11.8 Å². The van der Waals surface area contributed by atoms with Gasteiger partial charge in [0.25, 0.3) is 0 Å². The highest BCUT2D eigenvalue weighted by Gasteiger charge is 2.30. The second kappa shape index (κ2) is 5.75. The van der Waals surface area contributed by atoms with E-state index in [0.29, 0.717) is 5.75 Å². The van der Waals surface area contributed by atoms with Gasteiger partial charge in [0.15, 0.2) is 0 Å². The number of hydrogen-bond donors (Lipinski definition) is 0. The molecule has 102 valence electrons. The molecule has 1 rings (SSSR count). The third kappa shape index (κ3) is 3.47. The smallest absolute Gasteiger partial charge is 0.229 e. The van der Waals surface area contributed by atoms with Crippen molar-refractivity contribution in [1.29, 1.82) is 5.26 Å². The summed E-state index contributed by atoms with van der Waals surface area (Å²) in [6.45, 7) is 5.52. The van der Waals surface area contributed by atoms with E-state index in [1.165, 1.54) is 4.90 Å². The van der Waals surface area contributed by atoms with E-state index in [1.54, 1.807) is 20.2 Å². The maximum atomic E-state index is 12.2. The Kier molecular flexibility index (Phi) is 4.55. The fourth-order valence-electron chi connectivity index (χ4n) is 1.84. The van der Waals surface area contributed by atoms with Crippen LogP contribution in [0.1, 0.15) is 32.4 Å². The van der Waals surface area contributed by atoms with Crippen LogP contribution in [0.4, 0.5) is 0 Å². The number of carbonyl (C=O) groups excluding carboxylic acids is 1. The SMILES string of the molecule is COc1cccc(C(C#N)N(C)C(=O)C(C)(C)C)c1. The quantitative estimate of drug-likeness (QED) is 0.839. The fraction of sp³-hybridized carbons (Fsp3) is 0.467. The Hall–Kier alpha value is -2.02. The lowest BCUT2D eigenvalue weighted by Crippen LogP contribution is -2.38. The molecule has 0 aliphatic rings. The molecule has 4 nitrogen and oxygen atoms in total. The molecule has 1 aromatic rings. The van der Waals surface area contributed by atoms with Crippen LogP contribution in [0.25, 0.3) is 0 Å². The number of amides is 1. The lowest BCUT2D eigenvalue weighted by atomic mass is 9.93. The van der Waals surface area contributed by atoms with E-state index in [9.17, 15) is 10.1 Å². The van der Waals surface area contributed by atoms with Crippen molar-refractivity contribution in [2.75, 3.05) is 14.2 Å². The monoisotopic (exact) mass is 260 g/mol. The molecular formula is C15H20N2O2. The molecule has 4 heteroatoms. The lowest BCUT2D eigenvalue weighted by molar-refractivity contribution is -0.139. The molecule has 0 aromatic heterocycles. The van der Waals surface area contributed by atoms with Crippen molar-refractivity contribution in [2.45, 2.75) is 26.8 Å². The molecule has 1 atom stereocenters. The van der Waals surface area contributed by atoms with Crippen LogP contribution in [-0.4, -0.2) is 25.0 Å². The van der Waals surface area contributed by atoms with E-state index in [2.05, 4.69) is 6.07 Å². The minimum absolute atomic E-state index is 0.0677. The first-order chi connectivity index (χ1) is 8.81. The molecule has 0 spiro atoms. The second-order valence-electron chi connectivity index (χ2n) is 5.47. The molecule has 0 saturated carbocycles. The van der Waals surface area contributed by atoms with Crippen molar-refractivity contribution >= 4 is 5.91 Å². The lowest BCUT2D eigenvalue weighted by Gasteiger charge is -2.29. The summed E-state index contributed by atoms with van der Waals surface area (Å²) in [6, 6.07) is 8.79. The maximum absolute atomic E-state index is 12.2. The highest BCUT2D eigenvalue weighted by atomic mass is 16.5. The summed E-state index contributed by atoms with van der Waals surface area (Å²) in [5, 5.41) is 9.34. The standard InChI is InChI=1S/C15H20N2O2/c1-15(2,3)14(18)17(4)13(10-16)11-7-6-8-12(9-11)19-5/h6-9,13H,1-5H3. The molecule has 0 fully saturated rings. The normalized spacial score (nSPS) is 12.4. The molecule has 0 bridgehead atoms. The Bertz CT molecular complexity index is 498. The van der Waals surface area contributed by atoms with E-state index in [0.717, 1.165) is 5.56 Å². The van der Waals surface area contributed by atoms with Gasteiger partial charge in [-0.3, -0.25) is 4.79 Å². The molecule has 0 aliphatic heterocycles. The molecule has 0 radical (unpaired) electrons. The van der Waals surface area contributed by atoms with Gasteiger partial charge in [0.2, 0.25) is 5.91 Å². The molecule has 1 amide bonds. The number of methoxy groups -OCH3 is 1. The van der Waals surface area contributed by atoms with Crippen molar-refractivity contribution < 1.29 is 9.53 Å². The van der Waals surface area contributed by atoms with Gasteiger partial charge in [-0.25, -0.2) is 0 Å². The van der Waals surface area contributed by atoms with Crippen LogP contribution in [-0.2, 0) is 4.79 Å². The number of rotatable bonds is 3. The van der Waals surface area contributed by atoms with Crippen LogP contribution in [0, 0.1) is 16.7 Å². The van der Waals surface area contributed by atoms with Gasteiger partial charge in [-0.05, 0) is 17.7 Å². The summed E-state index contributed by atoms with van der Waals surface area (Å²) < 4.78 is 5.14. The van der Waals surface area contributed by atoms with Gasteiger partial charge in [0, 0.05) is 12.5 Å². The summed E-state index contributed by atoms with van der Waals surface area (Å²) in [5.74, 6) is 0.608. The zero-order chi connectivity index (χ0) is 14.6. The van der Waals surface area contributed by atoms with E-state index in [4.69, 9.17) is 4.74 Å². The molecule has 1 aromatic carbocycles. The highest BCUT2D eigenvalue weighted by molar-refractivity contribution is 5.82. The largest absolute Gasteiger partial charge is 0.497 e. The topological polar surface area (TPSA) is 53.3 Å². The molecule has 0 saturated heterocycles. The third-order valence-electron chi connectivity index (χ3n) is 2.88. The van der Waals surface area contributed by atoms with Crippen molar-refractivity contribution in [3.8, 4) is 11.8 Å². The maximum Gasteiger partial charge on any atom is 0.229 e. The number of nitrogens with zero attached hydrogens (tertiary/aromatic N) is 2. The van der Waals surface area contributed by atoms with E-state index >= 15 is 0 Å². The molecule has 0 N–H and O–H groups in total. The zero-order valence-corrected chi connectivity index (χ0v) is 12.1. The Morgan fingerprint density at radius 1 is 1.42 bits per heavy atom. The van der Waals surface area contributed by atoms with E-state index < -0.39 is 11.5 Å². The van der Waals surface area contributed by atoms with Crippen LogP contribution < -0.4 is 4.74 Å². The van der Waals surface area contributed by atoms with Crippen LogP contribution >= 0.6 is 0 Å². The first-order valence-corrected chi connectivity index (χ1v) is 6.12. The van der Waals surface area contributed by atoms with Gasteiger partial charge in [0.05, 0.1) is 13.2 Å². The van der Waals surface area contributed by atoms with Gasteiger partial charge in [-0.2, -0.15) is 5.26 Å². The zero-order valence-electron chi connectivity index (χ0n) is 12.1. The summed E-state index contributed by atoms with van der Waals surface area (Å²) in [7, 11) is 3.23. The Morgan fingerprint density at radius 3 is 2.53 bits per heavy atom.